The van der Waals surface area contributed by atoms with Crippen molar-refractivity contribution in [2.24, 2.45) is 0 Å². The van der Waals surface area contributed by atoms with Crippen LogP contribution in [0.15, 0.2) is 48.8 Å². The third-order valence-corrected chi connectivity index (χ3v) is 3.76. The number of anilines is 2. The average molecular weight is 345 g/mol. The first-order valence-corrected chi connectivity index (χ1v) is 7.58. The standard InChI is InChI=1S/C17H14ClFN4O/c1-23(17-12-4-2-3-5-15(12)20-10-21-17)9-16(24)22-11-6-7-14(19)13(18)8-11/h2-8,10H,9H2,1H3,(H,22,24). The summed E-state index contributed by atoms with van der Waals surface area (Å²) in [4.78, 5) is 22.4. The number of carbonyl (C=O) groups excluding carboxylic acids is 1. The average Bonchev–Trinajstić information content (AvgIpc) is 2.57. The number of para-hydroxylation sites is 1. The smallest absolute Gasteiger partial charge is 0.243 e. The fourth-order valence-electron chi connectivity index (χ4n) is 2.36. The Labute approximate surface area is 143 Å². The SMILES string of the molecule is CN(CC(=O)Nc1ccc(F)c(Cl)c1)c1ncnc2ccccc12. The quantitative estimate of drug-likeness (QED) is 0.787. The summed E-state index contributed by atoms with van der Waals surface area (Å²) in [6, 6.07) is 11.6. The molecule has 1 amide bonds. The zero-order valence-electron chi connectivity index (χ0n) is 12.8. The van der Waals surface area contributed by atoms with Gasteiger partial charge in [-0.15, -0.1) is 0 Å². The molecule has 0 saturated carbocycles. The lowest BCUT2D eigenvalue weighted by molar-refractivity contribution is -0.114. The largest absolute Gasteiger partial charge is 0.350 e. The van der Waals surface area contributed by atoms with Gasteiger partial charge in [-0.05, 0) is 30.3 Å². The Hall–Kier alpha value is -2.73. The number of amides is 1. The molecule has 0 aliphatic carbocycles. The van der Waals surface area contributed by atoms with Crippen LogP contribution in [0.2, 0.25) is 5.02 Å². The van der Waals surface area contributed by atoms with E-state index in [4.69, 9.17) is 11.6 Å². The van der Waals surface area contributed by atoms with Crippen molar-refractivity contribution < 1.29 is 9.18 Å². The molecule has 0 bridgehead atoms. The van der Waals surface area contributed by atoms with E-state index in [1.54, 1.807) is 11.9 Å². The molecular formula is C17H14ClFN4O. The summed E-state index contributed by atoms with van der Waals surface area (Å²) in [6.07, 6.45) is 1.46. The van der Waals surface area contributed by atoms with Crippen LogP contribution < -0.4 is 10.2 Å². The van der Waals surface area contributed by atoms with E-state index in [9.17, 15) is 9.18 Å². The van der Waals surface area contributed by atoms with E-state index in [0.29, 0.717) is 11.5 Å². The minimum absolute atomic E-state index is 0.0389. The molecule has 3 aromatic rings. The molecule has 1 heterocycles. The number of hydrogen-bond acceptors (Lipinski definition) is 4. The summed E-state index contributed by atoms with van der Waals surface area (Å²) >= 11 is 5.71. The number of carbonyl (C=O) groups is 1. The number of hydrogen-bond donors (Lipinski definition) is 1. The van der Waals surface area contributed by atoms with Gasteiger partial charge in [0.2, 0.25) is 5.91 Å². The maximum Gasteiger partial charge on any atom is 0.243 e. The lowest BCUT2D eigenvalue weighted by Crippen LogP contribution is -2.30. The van der Waals surface area contributed by atoms with E-state index in [2.05, 4.69) is 15.3 Å². The number of aromatic nitrogens is 2. The number of benzene rings is 2. The molecule has 0 saturated heterocycles. The van der Waals surface area contributed by atoms with Crippen molar-refractivity contribution in [2.75, 3.05) is 23.8 Å². The van der Waals surface area contributed by atoms with Gasteiger partial charge in [0.25, 0.3) is 0 Å². The van der Waals surface area contributed by atoms with Crippen LogP contribution in [-0.2, 0) is 4.79 Å². The van der Waals surface area contributed by atoms with Gasteiger partial charge in [0.05, 0.1) is 17.1 Å². The molecule has 3 rings (SSSR count). The Bertz CT molecular complexity index is 897. The van der Waals surface area contributed by atoms with Crippen molar-refractivity contribution in [3.05, 3.63) is 59.6 Å². The van der Waals surface area contributed by atoms with Crippen LogP contribution in [-0.4, -0.2) is 29.5 Å². The van der Waals surface area contributed by atoms with Gasteiger partial charge in [0, 0.05) is 18.1 Å². The predicted octanol–water partition coefficient (Wildman–Crippen LogP) is 3.50. The number of likely N-dealkylation sites (N-methyl/N-ethyl adjacent to an activating group) is 1. The van der Waals surface area contributed by atoms with E-state index < -0.39 is 5.82 Å². The van der Waals surface area contributed by atoms with Gasteiger partial charge in [-0.3, -0.25) is 4.79 Å². The molecule has 0 unspecified atom stereocenters. The molecule has 0 fully saturated rings. The molecule has 122 valence electrons. The molecule has 24 heavy (non-hydrogen) atoms. The summed E-state index contributed by atoms with van der Waals surface area (Å²) in [7, 11) is 1.77. The highest BCUT2D eigenvalue weighted by Gasteiger charge is 2.12. The van der Waals surface area contributed by atoms with Crippen LogP contribution in [0.25, 0.3) is 10.9 Å². The second kappa shape index (κ2) is 6.80. The molecule has 7 heteroatoms. The molecule has 5 nitrogen and oxygen atoms in total. The third kappa shape index (κ3) is 3.44. The van der Waals surface area contributed by atoms with Crippen molar-refractivity contribution in [1.82, 2.24) is 9.97 Å². The first-order valence-electron chi connectivity index (χ1n) is 7.20. The Kier molecular flexibility index (Phi) is 4.57. The highest BCUT2D eigenvalue weighted by Crippen LogP contribution is 2.22. The molecule has 1 N–H and O–H groups in total. The lowest BCUT2D eigenvalue weighted by Gasteiger charge is -2.19. The number of nitrogens with one attached hydrogen (secondary N) is 1. The fraction of sp³-hybridized carbons (Fsp3) is 0.118. The van der Waals surface area contributed by atoms with Crippen LogP contribution >= 0.6 is 11.6 Å². The zero-order chi connectivity index (χ0) is 17.1. The molecule has 2 aromatic carbocycles. The van der Waals surface area contributed by atoms with Gasteiger partial charge < -0.3 is 10.2 Å². The van der Waals surface area contributed by atoms with Crippen molar-refractivity contribution in [3.63, 3.8) is 0 Å². The first kappa shape index (κ1) is 16.1. The monoisotopic (exact) mass is 344 g/mol. The van der Waals surface area contributed by atoms with Crippen LogP contribution in [0.4, 0.5) is 15.9 Å². The topological polar surface area (TPSA) is 58.1 Å². The maximum absolute atomic E-state index is 13.1. The zero-order valence-corrected chi connectivity index (χ0v) is 13.6. The highest BCUT2D eigenvalue weighted by atomic mass is 35.5. The van der Waals surface area contributed by atoms with E-state index >= 15 is 0 Å². The molecule has 0 aliphatic heterocycles. The second-order valence-corrected chi connectivity index (χ2v) is 5.65. The summed E-state index contributed by atoms with van der Waals surface area (Å²) < 4.78 is 13.1. The molecule has 0 atom stereocenters. The molecule has 0 radical (unpaired) electrons. The minimum atomic E-state index is -0.528. The predicted molar refractivity (Wildman–Crippen MR) is 92.8 cm³/mol. The molecular weight excluding hydrogens is 331 g/mol. The van der Waals surface area contributed by atoms with E-state index in [1.807, 2.05) is 24.3 Å². The van der Waals surface area contributed by atoms with Crippen molar-refractivity contribution in [3.8, 4) is 0 Å². The van der Waals surface area contributed by atoms with Crippen LogP contribution in [0.3, 0.4) is 0 Å². The van der Waals surface area contributed by atoms with Gasteiger partial charge in [-0.2, -0.15) is 0 Å². The molecule has 0 spiro atoms. The summed E-state index contributed by atoms with van der Waals surface area (Å²) in [6.45, 7) is 0.0794. The van der Waals surface area contributed by atoms with E-state index in [0.717, 1.165) is 10.9 Å². The maximum atomic E-state index is 13.1. The van der Waals surface area contributed by atoms with Gasteiger partial charge in [0.1, 0.15) is 18.0 Å². The van der Waals surface area contributed by atoms with Gasteiger partial charge in [0.15, 0.2) is 0 Å². The third-order valence-electron chi connectivity index (χ3n) is 3.47. The minimum Gasteiger partial charge on any atom is -0.350 e. The Morgan fingerprint density at radius 2 is 2.04 bits per heavy atom. The normalized spacial score (nSPS) is 10.6. The van der Waals surface area contributed by atoms with E-state index in [1.165, 1.54) is 24.5 Å². The van der Waals surface area contributed by atoms with Crippen LogP contribution in [0, 0.1) is 5.82 Å². The van der Waals surface area contributed by atoms with Crippen LogP contribution in [0.5, 0.6) is 0 Å². The number of halogens is 2. The number of rotatable bonds is 4. The van der Waals surface area contributed by atoms with Gasteiger partial charge in [-0.1, -0.05) is 23.7 Å². The number of fused-ring (bicyclic) bond motifs is 1. The Morgan fingerprint density at radius 1 is 1.25 bits per heavy atom. The Balaban J connectivity index is 1.74. The first-order chi connectivity index (χ1) is 11.5. The van der Waals surface area contributed by atoms with Gasteiger partial charge in [-0.25, -0.2) is 14.4 Å². The Morgan fingerprint density at radius 3 is 2.83 bits per heavy atom. The molecule has 1 aromatic heterocycles. The summed E-state index contributed by atoms with van der Waals surface area (Å²) in [5.41, 5.74) is 1.24. The fourth-order valence-corrected chi connectivity index (χ4v) is 2.54. The lowest BCUT2D eigenvalue weighted by atomic mass is 10.2. The van der Waals surface area contributed by atoms with Crippen molar-refractivity contribution >= 4 is 39.9 Å². The van der Waals surface area contributed by atoms with E-state index in [-0.39, 0.29) is 17.5 Å². The molecule has 0 aliphatic rings. The van der Waals surface area contributed by atoms with Gasteiger partial charge >= 0.3 is 0 Å². The second-order valence-electron chi connectivity index (χ2n) is 5.25. The van der Waals surface area contributed by atoms with Crippen molar-refractivity contribution in [1.29, 1.82) is 0 Å². The summed E-state index contributed by atoms with van der Waals surface area (Å²) in [5, 5.41) is 3.51. The van der Waals surface area contributed by atoms with Crippen LogP contribution in [0.1, 0.15) is 0 Å². The highest BCUT2D eigenvalue weighted by molar-refractivity contribution is 6.31. The van der Waals surface area contributed by atoms with Crippen molar-refractivity contribution in [2.45, 2.75) is 0 Å². The number of nitrogens with zero attached hydrogens (tertiary/aromatic N) is 3. The summed E-state index contributed by atoms with van der Waals surface area (Å²) in [5.74, 6) is -0.130.